The van der Waals surface area contributed by atoms with E-state index in [4.69, 9.17) is 28.6 Å². The SMILES string of the molecule is CC1=C(C(=O)N2CCOCC2)[C@@H](c2ccc(Cl)cc2)NC(=S)N1. The number of morpholine rings is 1. The highest BCUT2D eigenvalue weighted by molar-refractivity contribution is 7.80. The number of carbonyl (C=O) groups excluding carboxylic acids is 1. The molecule has 0 spiro atoms. The zero-order valence-electron chi connectivity index (χ0n) is 12.8. The Morgan fingerprint density at radius 3 is 2.61 bits per heavy atom. The molecule has 7 heteroatoms. The molecule has 122 valence electrons. The van der Waals surface area contributed by atoms with Crippen LogP contribution in [0.2, 0.25) is 5.02 Å². The largest absolute Gasteiger partial charge is 0.378 e. The summed E-state index contributed by atoms with van der Waals surface area (Å²) in [6.07, 6.45) is 0. The first kappa shape index (κ1) is 16.2. The minimum atomic E-state index is -0.281. The molecule has 1 fully saturated rings. The number of nitrogens with one attached hydrogen (secondary N) is 2. The Labute approximate surface area is 145 Å². The van der Waals surface area contributed by atoms with Crippen LogP contribution >= 0.6 is 23.8 Å². The van der Waals surface area contributed by atoms with Crippen LogP contribution in [0, 0.1) is 0 Å². The summed E-state index contributed by atoms with van der Waals surface area (Å²) in [4.78, 5) is 14.8. The van der Waals surface area contributed by atoms with Crippen molar-refractivity contribution in [2.75, 3.05) is 26.3 Å². The first-order valence-corrected chi connectivity index (χ1v) is 8.25. The summed E-state index contributed by atoms with van der Waals surface area (Å²) in [6, 6.07) is 7.17. The maximum absolute atomic E-state index is 13.0. The van der Waals surface area contributed by atoms with Gasteiger partial charge in [0.1, 0.15) is 0 Å². The van der Waals surface area contributed by atoms with Gasteiger partial charge in [-0.15, -0.1) is 0 Å². The van der Waals surface area contributed by atoms with Crippen molar-refractivity contribution in [3.8, 4) is 0 Å². The summed E-state index contributed by atoms with van der Waals surface area (Å²) in [6.45, 7) is 4.23. The molecule has 0 radical (unpaired) electrons. The second-order valence-electron chi connectivity index (χ2n) is 5.53. The Morgan fingerprint density at radius 1 is 1.30 bits per heavy atom. The van der Waals surface area contributed by atoms with Crippen molar-refractivity contribution in [1.29, 1.82) is 0 Å². The molecule has 3 rings (SSSR count). The van der Waals surface area contributed by atoms with Crippen molar-refractivity contribution in [3.05, 3.63) is 46.1 Å². The smallest absolute Gasteiger partial charge is 0.254 e. The maximum Gasteiger partial charge on any atom is 0.254 e. The molecule has 2 aliphatic rings. The fourth-order valence-electron chi connectivity index (χ4n) is 2.82. The van der Waals surface area contributed by atoms with Crippen LogP contribution in [0.4, 0.5) is 0 Å². The first-order valence-electron chi connectivity index (χ1n) is 7.47. The lowest BCUT2D eigenvalue weighted by Gasteiger charge is -2.34. The number of hydrogen-bond acceptors (Lipinski definition) is 3. The van der Waals surface area contributed by atoms with Gasteiger partial charge in [0.25, 0.3) is 5.91 Å². The van der Waals surface area contributed by atoms with E-state index < -0.39 is 0 Å². The van der Waals surface area contributed by atoms with Gasteiger partial charge in [0, 0.05) is 23.8 Å². The van der Waals surface area contributed by atoms with Crippen molar-refractivity contribution in [2.45, 2.75) is 13.0 Å². The third-order valence-corrected chi connectivity index (χ3v) is 4.47. The second kappa shape index (κ2) is 6.86. The molecule has 2 aliphatic heterocycles. The molecule has 1 saturated heterocycles. The van der Waals surface area contributed by atoms with Gasteiger partial charge in [-0.2, -0.15) is 0 Å². The molecule has 23 heavy (non-hydrogen) atoms. The number of benzene rings is 1. The van der Waals surface area contributed by atoms with Crippen LogP contribution in [-0.2, 0) is 9.53 Å². The summed E-state index contributed by atoms with van der Waals surface area (Å²) >= 11 is 11.2. The summed E-state index contributed by atoms with van der Waals surface area (Å²) in [5, 5.41) is 7.42. The lowest BCUT2D eigenvalue weighted by atomic mass is 9.94. The summed E-state index contributed by atoms with van der Waals surface area (Å²) < 4.78 is 5.33. The Morgan fingerprint density at radius 2 is 1.96 bits per heavy atom. The van der Waals surface area contributed by atoms with E-state index >= 15 is 0 Å². The number of halogens is 1. The van der Waals surface area contributed by atoms with E-state index in [1.807, 2.05) is 36.1 Å². The van der Waals surface area contributed by atoms with Gasteiger partial charge in [0.05, 0.1) is 24.8 Å². The average Bonchev–Trinajstić information content (AvgIpc) is 2.55. The molecule has 0 bridgehead atoms. The molecule has 1 amide bonds. The van der Waals surface area contributed by atoms with E-state index in [1.165, 1.54) is 0 Å². The van der Waals surface area contributed by atoms with Gasteiger partial charge >= 0.3 is 0 Å². The standard InChI is InChI=1S/C16H18ClN3O2S/c1-10-13(15(21)20-6-8-22-9-7-20)14(19-16(23)18-10)11-2-4-12(17)5-3-11/h2-5,14H,6-9H2,1H3,(H2,18,19,23)/t14-/m1/s1. The highest BCUT2D eigenvalue weighted by atomic mass is 35.5. The molecular weight excluding hydrogens is 334 g/mol. The fraction of sp³-hybridized carbons (Fsp3) is 0.375. The number of hydrogen-bond donors (Lipinski definition) is 2. The minimum Gasteiger partial charge on any atom is -0.378 e. The molecule has 1 aromatic rings. The summed E-state index contributed by atoms with van der Waals surface area (Å²) in [7, 11) is 0. The van der Waals surface area contributed by atoms with Gasteiger partial charge in [-0.25, -0.2) is 0 Å². The summed E-state index contributed by atoms with van der Waals surface area (Å²) in [5.41, 5.74) is 2.42. The van der Waals surface area contributed by atoms with Gasteiger partial charge in [0.2, 0.25) is 0 Å². The van der Waals surface area contributed by atoms with Crippen LogP contribution in [0.15, 0.2) is 35.5 Å². The van der Waals surface area contributed by atoms with Gasteiger partial charge in [-0.05, 0) is 36.8 Å². The van der Waals surface area contributed by atoms with Gasteiger partial charge < -0.3 is 20.3 Å². The van der Waals surface area contributed by atoms with Gasteiger partial charge in [-0.1, -0.05) is 23.7 Å². The zero-order chi connectivity index (χ0) is 16.4. The predicted octanol–water partition coefficient (Wildman–Crippen LogP) is 1.99. The molecule has 0 saturated carbocycles. The molecule has 1 aromatic carbocycles. The van der Waals surface area contributed by atoms with Crippen molar-refractivity contribution in [1.82, 2.24) is 15.5 Å². The van der Waals surface area contributed by atoms with Crippen LogP contribution in [0.3, 0.4) is 0 Å². The van der Waals surface area contributed by atoms with E-state index in [0.717, 1.165) is 11.3 Å². The molecular formula is C16H18ClN3O2S. The zero-order valence-corrected chi connectivity index (χ0v) is 14.3. The van der Waals surface area contributed by atoms with Crippen molar-refractivity contribution >= 4 is 34.8 Å². The molecule has 2 N–H and O–H groups in total. The first-order chi connectivity index (χ1) is 11.1. The Balaban J connectivity index is 1.95. The Kier molecular flexibility index (Phi) is 4.84. The van der Waals surface area contributed by atoms with Gasteiger partial charge in [-0.3, -0.25) is 4.79 Å². The summed E-state index contributed by atoms with van der Waals surface area (Å²) in [5.74, 6) is 0.00764. The van der Waals surface area contributed by atoms with E-state index in [-0.39, 0.29) is 11.9 Å². The molecule has 0 aromatic heterocycles. The fourth-order valence-corrected chi connectivity index (χ4v) is 3.22. The molecule has 1 atom stereocenters. The van der Waals surface area contributed by atoms with Crippen LogP contribution in [0.25, 0.3) is 0 Å². The molecule has 2 heterocycles. The van der Waals surface area contributed by atoms with Gasteiger partial charge in [0.15, 0.2) is 5.11 Å². The van der Waals surface area contributed by atoms with Crippen molar-refractivity contribution < 1.29 is 9.53 Å². The van der Waals surface area contributed by atoms with Crippen molar-refractivity contribution in [2.24, 2.45) is 0 Å². The van der Waals surface area contributed by atoms with Crippen molar-refractivity contribution in [3.63, 3.8) is 0 Å². The van der Waals surface area contributed by atoms with Crippen LogP contribution < -0.4 is 10.6 Å². The Bertz CT molecular complexity index is 654. The van der Waals surface area contributed by atoms with E-state index in [0.29, 0.717) is 42.0 Å². The van der Waals surface area contributed by atoms with Crippen LogP contribution in [0.5, 0.6) is 0 Å². The quantitative estimate of drug-likeness (QED) is 0.798. The molecule has 0 unspecified atom stereocenters. The van der Waals surface area contributed by atoms with Crippen LogP contribution in [-0.4, -0.2) is 42.2 Å². The number of carbonyl (C=O) groups is 1. The normalized spacial score (nSPS) is 21.7. The minimum absolute atomic E-state index is 0.00764. The number of allylic oxidation sites excluding steroid dienone is 1. The predicted molar refractivity (Wildman–Crippen MR) is 93.2 cm³/mol. The van der Waals surface area contributed by atoms with E-state index in [9.17, 15) is 4.79 Å². The lowest BCUT2D eigenvalue weighted by molar-refractivity contribution is -0.131. The van der Waals surface area contributed by atoms with Crippen LogP contribution in [0.1, 0.15) is 18.5 Å². The maximum atomic E-state index is 13.0. The topological polar surface area (TPSA) is 53.6 Å². The molecule has 0 aliphatic carbocycles. The number of nitrogens with zero attached hydrogens (tertiary/aromatic N) is 1. The highest BCUT2D eigenvalue weighted by Gasteiger charge is 2.32. The number of ether oxygens (including phenoxy) is 1. The number of thiocarbonyl (C=S) groups is 1. The third-order valence-electron chi connectivity index (χ3n) is 4.00. The Hall–Kier alpha value is -1.63. The average molecular weight is 352 g/mol. The third kappa shape index (κ3) is 3.49. The molecule has 5 nitrogen and oxygen atoms in total. The van der Waals surface area contributed by atoms with E-state index in [1.54, 1.807) is 0 Å². The van der Waals surface area contributed by atoms with E-state index in [2.05, 4.69) is 10.6 Å². The highest BCUT2D eigenvalue weighted by Crippen LogP contribution is 2.29. The lowest BCUT2D eigenvalue weighted by Crippen LogP contribution is -2.49. The number of amides is 1. The number of rotatable bonds is 2. The second-order valence-corrected chi connectivity index (χ2v) is 6.37. The monoisotopic (exact) mass is 351 g/mol.